The van der Waals surface area contributed by atoms with Crippen LogP contribution in [-0.4, -0.2) is 24.1 Å². The number of fused-ring (bicyclic) bond motifs is 14. The second-order valence-corrected chi connectivity index (χ2v) is 19.4. The number of hydrogen-bond acceptors (Lipinski definition) is 5. The van der Waals surface area contributed by atoms with E-state index in [4.69, 9.17) is 23.8 Å². The molecule has 0 spiro atoms. The van der Waals surface area contributed by atoms with E-state index in [0.29, 0.717) is 17.5 Å². The first-order chi connectivity index (χ1) is 37.7. The molecule has 0 amide bonds. The molecule has 0 saturated heterocycles. The molecule has 11 aromatic carbocycles. The minimum absolute atomic E-state index is 0.540. The van der Waals surface area contributed by atoms with Crippen molar-refractivity contribution in [2.45, 2.75) is 0 Å². The minimum atomic E-state index is 0.540. The molecule has 0 atom stereocenters. The van der Waals surface area contributed by atoms with E-state index in [0.717, 1.165) is 138 Å². The monoisotopic (exact) mass is 971 g/mol. The van der Waals surface area contributed by atoms with Crippen molar-refractivity contribution in [3.05, 3.63) is 249 Å². The van der Waals surface area contributed by atoms with Crippen LogP contribution >= 0.6 is 0 Å². The molecule has 5 heterocycles. The summed E-state index contributed by atoms with van der Waals surface area (Å²) in [6.07, 6.45) is 0. The van der Waals surface area contributed by atoms with Crippen molar-refractivity contribution in [3.63, 3.8) is 0 Å². The average Bonchev–Trinajstić information content (AvgIpc) is 4.30. The molecular weight excluding hydrogens is 931 g/mol. The molecule has 0 bridgehead atoms. The summed E-state index contributed by atoms with van der Waals surface area (Å²) < 4.78 is 19.2. The summed E-state index contributed by atoms with van der Waals surface area (Å²) in [6, 6.07) is 87.0. The average molecular weight is 972 g/mol. The Kier molecular flexibility index (Phi) is 9.20. The number of nitrogens with zero attached hydrogens (tertiary/aromatic N) is 5. The second kappa shape index (κ2) is 16.6. The van der Waals surface area contributed by atoms with Gasteiger partial charge in [0.25, 0.3) is 0 Å². The molecule has 0 aliphatic carbocycles. The van der Waals surface area contributed by atoms with Crippen LogP contribution in [0.25, 0.3) is 155 Å². The van der Waals surface area contributed by atoms with Crippen LogP contribution in [0.15, 0.2) is 258 Å². The van der Waals surface area contributed by atoms with Crippen LogP contribution in [0.2, 0.25) is 0 Å². The summed E-state index contributed by atoms with van der Waals surface area (Å²) in [7, 11) is 0. The van der Waals surface area contributed by atoms with Gasteiger partial charge in [-0.25, -0.2) is 15.0 Å². The summed E-state index contributed by atoms with van der Waals surface area (Å²) in [4.78, 5) is 15.8. The molecule has 7 nitrogen and oxygen atoms in total. The molecule has 0 saturated carbocycles. The Bertz CT molecular complexity index is 4920. The van der Waals surface area contributed by atoms with Gasteiger partial charge in [-0.3, -0.25) is 0 Å². The highest BCUT2D eigenvalue weighted by Gasteiger charge is 2.25. The molecule has 7 heteroatoms. The molecule has 16 aromatic rings. The fraction of sp³-hybridized carbons (Fsp3) is 0. The predicted octanol–water partition coefficient (Wildman–Crippen LogP) is 18.2. The molecule has 0 fully saturated rings. The Morgan fingerprint density at radius 3 is 1.20 bits per heavy atom. The van der Waals surface area contributed by atoms with E-state index in [9.17, 15) is 0 Å². The van der Waals surface area contributed by atoms with Crippen LogP contribution in [0.1, 0.15) is 0 Å². The van der Waals surface area contributed by atoms with Gasteiger partial charge in [-0.2, -0.15) is 0 Å². The van der Waals surface area contributed by atoms with Crippen molar-refractivity contribution in [1.82, 2.24) is 24.1 Å². The lowest BCUT2D eigenvalue weighted by molar-refractivity contribution is 0.673. The van der Waals surface area contributed by atoms with E-state index in [-0.39, 0.29) is 0 Å². The number of furan rings is 2. The SMILES string of the molecule is c1ccc(-c2nc(-c3ccccc3)nc(-c3cc(-c4cccc5c4oc4c5ccc5c4c4ccccc4n5-c4ccccc4)ccc3-c3cccc4c3oc3c4ccc4c3c3ccccc3n4-c3ccccc3)n2)cc1. The largest absolute Gasteiger partial charge is 0.455 e. The third-order valence-corrected chi connectivity index (χ3v) is 15.2. The molecular formula is C69H41N5O2. The van der Waals surface area contributed by atoms with Crippen LogP contribution < -0.4 is 0 Å². The van der Waals surface area contributed by atoms with Crippen LogP contribution in [-0.2, 0) is 0 Å². The number of hydrogen-bond donors (Lipinski definition) is 0. The zero-order valence-corrected chi connectivity index (χ0v) is 40.7. The molecule has 16 rings (SSSR count). The molecule has 76 heavy (non-hydrogen) atoms. The Labute approximate surface area is 434 Å². The van der Waals surface area contributed by atoms with Gasteiger partial charge in [0.15, 0.2) is 17.5 Å². The first-order valence-electron chi connectivity index (χ1n) is 25.6. The standard InChI is InChI=1S/C69H41N5O2/c1-5-19-42(20-6-1)67-70-68(43-21-7-2-8-22-43)72-69(71-67)56-41-44(47-29-17-31-50-52-37-39-59-61(65(52)75-63(47)50)54-27-13-15-33-57(54)73(59)45-23-9-3-10-24-45)35-36-48(56)49-30-18-32-51-53-38-40-60-62(66(53)76-64(49)51)55-28-14-16-34-58(55)74(60)46-25-11-4-12-26-46/h1-41H. The quantitative estimate of drug-likeness (QED) is 0.159. The van der Waals surface area contributed by atoms with Gasteiger partial charge in [0, 0.05) is 71.5 Å². The lowest BCUT2D eigenvalue weighted by atomic mass is 9.92. The highest BCUT2D eigenvalue weighted by molar-refractivity contribution is 6.26. The normalized spacial score (nSPS) is 11.9. The van der Waals surface area contributed by atoms with Gasteiger partial charge < -0.3 is 18.0 Å². The van der Waals surface area contributed by atoms with Gasteiger partial charge >= 0.3 is 0 Å². The molecule has 0 radical (unpaired) electrons. The van der Waals surface area contributed by atoms with Crippen molar-refractivity contribution in [2.24, 2.45) is 0 Å². The molecule has 354 valence electrons. The van der Waals surface area contributed by atoms with E-state index in [1.165, 1.54) is 0 Å². The Balaban J connectivity index is 0.956. The first kappa shape index (κ1) is 42.2. The number of rotatable bonds is 7. The van der Waals surface area contributed by atoms with Crippen LogP contribution in [0.3, 0.4) is 0 Å². The van der Waals surface area contributed by atoms with E-state index >= 15 is 0 Å². The van der Waals surface area contributed by atoms with E-state index in [2.05, 4.69) is 197 Å². The third-order valence-electron chi connectivity index (χ3n) is 15.2. The van der Waals surface area contributed by atoms with Gasteiger partial charge in [0.2, 0.25) is 0 Å². The van der Waals surface area contributed by atoms with Crippen LogP contribution in [0.4, 0.5) is 0 Å². The van der Waals surface area contributed by atoms with Gasteiger partial charge in [-0.15, -0.1) is 0 Å². The maximum atomic E-state index is 7.30. The van der Waals surface area contributed by atoms with Crippen molar-refractivity contribution in [1.29, 1.82) is 0 Å². The topological polar surface area (TPSA) is 74.8 Å². The molecule has 5 aromatic heterocycles. The first-order valence-corrected chi connectivity index (χ1v) is 25.6. The number of benzene rings is 11. The van der Waals surface area contributed by atoms with E-state index in [1.54, 1.807) is 0 Å². The lowest BCUT2D eigenvalue weighted by Crippen LogP contribution is -2.01. The van der Waals surface area contributed by atoms with E-state index in [1.807, 2.05) is 60.7 Å². The zero-order valence-electron chi connectivity index (χ0n) is 40.7. The molecule has 0 aliphatic heterocycles. The summed E-state index contributed by atoms with van der Waals surface area (Å²) in [5.74, 6) is 1.70. The van der Waals surface area contributed by atoms with Gasteiger partial charge in [-0.1, -0.05) is 182 Å². The maximum absolute atomic E-state index is 7.30. The van der Waals surface area contributed by atoms with Gasteiger partial charge in [0.05, 0.1) is 32.8 Å². The van der Waals surface area contributed by atoms with Gasteiger partial charge in [-0.05, 0) is 77.9 Å². The van der Waals surface area contributed by atoms with Crippen molar-refractivity contribution in [2.75, 3.05) is 0 Å². The maximum Gasteiger partial charge on any atom is 0.164 e. The molecule has 0 aliphatic rings. The smallest absolute Gasteiger partial charge is 0.164 e. The molecule has 0 unspecified atom stereocenters. The Morgan fingerprint density at radius 2 is 0.671 bits per heavy atom. The molecule has 0 N–H and O–H groups in total. The minimum Gasteiger partial charge on any atom is -0.455 e. The summed E-state index contributed by atoms with van der Waals surface area (Å²) in [5, 5.41) is 8.61. The van der Waals surface area contributed by atoms with E-state index < -0.39 is 0 Å². The lowest BCUT2D eigenvalue weighted by Gasteiger charge is -2.14. The highest BCUT2D eigenvalue weighted by atomic mass is 16.3. The van der Waals surface area contributed by atoms with Crippen LogP contribution in [0.5, 0.6) is 0 Å². The number of aromatic nitrogens is 5. The fourth-order valence-corrected chi connectivity index (χ4v) is 11.8. The predicted molar refractivity (Wildman–Crippen MR) is 310 cm³/mol. The third kappa shape index (κ3) is 6.33. The van der Waals surface area contributed by atoms with Gasteiger partial charge in [0.1, 0.15) is 22.3 Å². The number of para-hydroxylation sites is 6. The van der Waals surface area contributed by atoms with Crippen molar-refractivity contribution in [3.8, 4) is 67.8 Å². The Hall–Kier alpha value is -10.4. The Morgan fingerprint density at radius 1 is 0.250 bits per heavy atom. The summed E-state index contributed by atoms with van der Waals surface area (Å²) in [6.45, 7) is 0. The summed E-state index contributed by atoms with van der Waals surface area (Å²) in [5.41, 5.74) is 16.3. The van der Waals surface area contributed by atoms with Crippen molar-refractivity contribution < 1.29 is 8.83 Å². The van der Waals surface area contributed by atoms with Crippen molar-refractivity contribution >= 4 is 87.5 Å². The highest BCUT2D eigenvalue weighted by Crippen LogP contribution is 2.47. The fourth-order valence-electron chi connectivity index (χ4n) is 11.8. The van der Waals surface area contributed by atoms with Crippen LogP contribution in [0, 0.1) is 0 Å². The second-order valence-electron chi connectivity index (χ2n) is 19.4. The zero-order chi connectivity index (χ0) is 49.8. The summed E-state index contributed by atoms with van der Waals surface area (Å²) >= 11 is 0.